The first kappa shape index (κ1) is 16.0. The Balaban J connectivity index is 2.10. The van der Waals surface area contributed by atoms with E-state index in [2.05, 4.69) is 9.36 Å². The Hall–Kier alpha value is -1.40. The molecule has 1 aromatic carbocycles. The molecule has 0 spiro atoms. The highest BCUT2D eigenvalue weighted by Gasteiger charge is 2.24. The molecule has 0 amide bonds. The summed E-state index contributed by atoms with van der Waals surface area (Å²) in [6.07, 6.45) is 0.477. The van der Waals surface area contributed by atoms with Crippen molar-refractivity contribution in [2.75, 3.05) is 0 Å². The van der Waals surface area contributed by atoms with E-state index in [1.807, 2.05) is 51.1 Å². The lowest BCUT2D eigenvalue weighted by atomic mass is 9.96. The third-order valence-electron chi connectivity index (χ3n) is 2.86. The Labute approximate surface area is 132 Å². The number of aromatic nitrogens is 2. The zero-order chi connectivity index (χ0) is 15.5. The molecule has 4 nitrogen and oxygen atoms in total. The molecule has 2 rings (SSSR count). The molecule has 0 aliphatic heterocycles. The van der Waals surface area contributed by atoms with Gasteiger partial charge in [0, 0.05) is 5.41 Å². The highest BCUT2D eigenvalue weighted by Crippen LogP contribution is 2.30. The average Bonchev–Trinajstić information content (AvgIpc) is 2.87. The van der Waals surface area contributed by atoms with Gasteiger partial charge in [-0.25, -0.2) is 4.98 Å². The van der Waals surface area contributed by atoms with Gasteiger partial charge in [-0.3, -0.25) is 4.79 Å². The fourth-order valence-corrected chi connectivity index (χ4v) is 3.69. The van der Waals surface area contributed by atoms with Crippen LogP contribution in [-0.4, -0.2) is 25.7 Å². The van der Waals surface area contributed by atoms with Gasteiger partial charge in [-0.2, -0.15) is 4.37 Å². The molecule has 21 heavy (non-hydrogen) atoms. The van der Waals surface area contributed by atoms with E-state index in [1.54, 1.807) is 0 Å². The van der Waals surface area contributed by atoms with E-state index in [0.717, 1.165) is 11.4 Å². The third kappa shape index (κ3) is 4.54. The maximum atomic E-state index is 11.4. The van der Waals surface area contributed by atoms with Gasteiger partial charge in [0.15, 0.2) is 4.34 Å². The summed E-state index contributed by atoms with van der Waals surface area (Å²) in [6.45, 7) is 6.13. The summed E-state index contributed by atoms with van der Waals surface area (Å²) in [5.74, 6) is -0.0600. The van der Waals surface area contributed by atoms with E-state index in [-0.39, 0.29) is 5.41 Å². The van der Waals surface area contributed by atoms with E-state index < -0.39 is 11.2 Å². The molecule has 1 aromatic heterocycles. The van der Waals surface area contributed by atoms with Crippen LogP contribution in [0.1, 0.15) is 32.2 Å². The van der Waals surface area contributed by atoms with Gasteiger partial charge in [0.2, 0.25) is 0 Å². The van der Waals surface area contributed by atoms with Crippen LogP contribution < -0.4 is 0 Å². The van der Waals surface area contributed by atoms with Gasteiger partial charge in [0.05, 0.1) is 0 Å². The minimum absolute atomic E-state index is 0.118. The molecule has 0 fully saturated rings. The molecule has 2 aromatic rings. The van der Waals surface area contributed by atoms with E-state index >= 15 is 0 Å². The topological polar surface area (TPSA) is 63.1 Å². The van der Waals surface area contributed by atoms with E-state index in [0.29, 0.717) is 10.8 Å². The molecule has 0 aliphatic carbocycles. The van der Waals surface area contributed by atoms with E-state index in [1.165, 1.54) is 23.3 Å². The van der Waals surface area contributed by atoms with Gasteiger partial charge >= 0.3 is 5.97 Å². The van der Waals surface area contributed by atoms with Crippen molar-refractivity contribution in [3.63, 3.8) is 0 Å². The summed E-state index contributed by atoms with van der Waals surface area (Å²) in [7, 11) is 0. The summed E-state index contributed by atoms with van der Waals surface area (Å²) in [6, 6.07) is 9.64. The third-order valence-corrected chi connectivity index (χ3v) is 4.83. The number of hydrogen-bond acceptors (Lipinski definition) is 5. The summed E-state index contributed by atoms with van der Waals surface area (Å²) < 4.78 is 5.04. The molecule has 1 heterocycles. The maximum absolute atomic E-state index is 11.4. The fourth-order valence-electron chi connectivity index (χ4n) is 1.69. The number of hydrogen-bond donors (Lipinski definition) is 1. The second-order valence-electron chi connectivity index (χ2n) is 5.77. The molecule has 0 bridgehead atoms. The van der Waals surface area contributed by atoms with Crippen molar-refractivity contribution in [1.82, 2.24) is 9.36 Å². The number of carboxylic acid groups (broad SMARTS) is 1. The molecule has 1 N–H and O–H groups in total. The van der Waals surface area contributed by atoms with Crippen LogP contribution in [0.3, 0.4) is 0 Å². The van der Waals surface area contributed by atoms with Crippen molar-refractivity contribution in [3.8, 4) is 0 Å². The molecule has 6 heteroatoms. The van der Waals surface area contributed by atoms with Crippen molar-refractivity contribution in [2.45, 2.75) is 42.2 Å². The van der Waals surface area contributed by atoms with Gasteiger partial charge < -0.3 is 5.11 Å². The van der Waals surface area contributed by atoms with Gasteiger partial charge in [0.25, 0.3) is 0 Å². The monoisotopic (exact) mass is 322 g/mol. The largest absolute Gasteiger partial charge is 0.480 e. The van der Waals surface area contributed by atoms with Crippen LogP contribution in [0.4, 0.5) is 0 Å². The molecule has 1 unspecified atom stereocenters. The van der Waals surface area contributed by atoms with E-state index in [9.17, 15) is 9.90 Å². The van der Waals surface area contributed by atoms with Crippen molar-refractivity contribution >= 4 is 29.3 Å². The number of thioether (sulfide) groups is 1. The van der Waals surface area contributed by atoms with Crippen molar-refractivity contribution < 1.29 is 9.90 Å². The maximum Gasteiger partial charge on any atom is 0.317 e. The Morgan fingerprint density at radius 3 is 2.52 bits per heavy atom. The lowest BCUT2D eigenvalue weighted by Crippen LogP contribution is -2.19. The molecule has 112 valence electrons. The number of carboxylic acids is 1. The Bertz CT molecular complexity index is 606. The fraction of sp³-hybridized carbons (Fsp3) is 0.400. The van der Waals surface area contributed by atoms with Crippen LogP contribution in [0.2, 0.25) is 0 Å². The number of rotatable bonds is 5. The zero-order valence-corrected chi connectivity index (χ0v) is 13.9. The minimum atomic E-state index is -0.823. The summed E-state index contributed by atoms with van der Waals surface area (Å²) >= 11 is 2.55. The summed E-state index contributed by atoms with van der Waals surface area (Å²) in [5, 5.41) is 8.85. The first-order chi connectivity index (χ1) is 9.86. The predicted octanol–water partition coefficient (Wildman–Crippen LogP) is 3.62. The highest BCUT2D eigenvalue weighted by atomic mass is 32.2. The van der Waals surface area contributed by atoms with E-state index in [4.69, 9.17) is 0 Å². The summed E-state index contributed by atoms with van der Waals surface area (Å²) in [4.78, 5) is 15.9. The molecule has 0 saturated carbocycles. The molecule has 0 saturated heterocycles. The standard InChI is InChI=1S/C15H18N2O2S2/c1-15(2,3)13-16-14(21-17-13)20-11(12(18)19)9-10-7-5-4-6-8-10/h4-8,11H,9H2,1-3H3,(H,18,19). The first-order valence-electron chi connectivity index (χ1n) is 6.64. The Kier molecular flexibility index (Phi) is 5.00. The zero-order valence-electron chi connectivity index (χ0n) is 12.2. The smallest absolute Gasteiger partial charge is 0.317 e. The molecule has 1 atom stereocenters. The lowest BCUT2D eigenvalue weighted by Gasteiger charge is -2.12. The van der Waals surface area contributed by atoms with Crippen LogP contribution in [0, 0.1) is 0 Å². The SMILES string of the molecule is CC(C)(C)c1nsc(SC(Cc2ccccc2)C(=O)O)n1. The Morgan fingerprint density at radius 1 is 1.33 bits per heavy atom. The quantitative estimate of drug-likeness (QED) is 0.852. The van der Waals surface area contributed by atoms with Gasteiger partial charge in [-0.15, -0.1) is 0 Å². The average molecular weight is 322 g/mol. The molecule has 0 radical (unpaired) electrons. The van der Waals surface area contributed by atoms with Crippen LogP contribution in [0.5, 0.6) is 0 Å². The minimum Gasteiger partial charge on any atom is -0.480 e. The normalized spacial score (nSPS) is 13.1. The predicted molar refractivity (Wildman–Crippen MR) is 86.0 cm³/mol. The van der Waals surface area contributed by atoms with Gasteiger partial charge in [-0.1, -0.05) is 62.9 Å². The molecule has 0 aliphatic rings. The summed E-state index contributed by atoms with van der Waals surface area (Å²) in [5.41, 5.74) is 0.894. The van der Waals surface area contributed by atoms with Crippen LogP contribution >= 0.6 is 23.3 Å². The van der Waals surface area contributed by atoms with Gasteiger partial charge in [0.1, 0.15) is 11.1 Å². The second-order valence-corrected chi connectivity index (χ2v) is 7.97. The van der Waals surface area contributed by atoms with Crippen molar-refractivity contribution in [1.29, 1.82) is 0 Å². The van der Waals surface area contributed by atoms with Gasteiger partial charge in [-0.05, 0) is 23.5 Å². The molecular weight excluding hydrogens is 304 g/mol. The van der Waals surface area contributed by atoms with Crippen LogP contribution in [-0.2, 0) is 16.6 Å². The first-order valence-corrected chi connectivity index (χ1v) is 8.29. The van der Waals surface area contributed by atoms with Crippen molar-refractivity contribution in [3.05, 3.63) is 41.7 Å². The highest BCUT2D eigenvalue weighted by molar-refractivity contribution is 8.02. The number of nitrogens with zero attached hydrogens (tertiary/aromatic N) is 2. The number of carbonyl (C=O) groups is 1. The molecular formula is C15H18N2O2S2. The van der Waals surface area contributed by atoms with Crippen LogP contribution in [0.15, 0.2) is 34.7 Å². The second kappa shape index (κ2) is 6.58. The van der Waals surface area contributed by atoms with Crippen LogP contribution in [0.25, 0.3) is 0 Å². The number of benzene rings is 1. The Morgan fingerprint density at radius 2 is 2.00 bits per heavy atom. The van der Waals surface area contributed by atoms with Crippen molar-refractivity contribution in [2.24, 2.45) is 0 Å². The lowest BCUT2D eigenvalue weighted by molar-refractivity contribution is -0.136. The number of aliphatic carboxylic acids is 1.